The Morgan fingerprint density at radius 3 is 2.11 bits per heavy atom. The van der Waals surface area contributed by atoms with Crippen molar-refractivity contribution in [3.63, 3.8) is 0 Å². The maximum absolute atomic E-state index is 14.4. The van der Waals surface area contributed by atoms with Gasteiger partial charge in [0.2, 0.25) is 23.6 Å². The van der Waals surface area contributed by atoms with Gasteiger partial charge in [-0.2, -0.15) is 11.8 Å². The largest absolute Gasteiger partial charge is 0.386 e. The number of carbonyl (C=O) groups is 4. The summed E-state index contributed by atoms with van der Waals surface area (Å²) in [5.41, 5.74) is 0.712. The van der Waals surface area contributed by atoms with Gasteiger partial charge in [-0.15, -0.1) is 0 Å². The Labute approximate surface area is 336 Å². The number of hydrogen-bond acceptors (Lipinski definition) is 9. The number of ether oxygens (including phenoxy) is 2. The fraction of sp³-hybridized carbons (Fsp3) is 0.762. The Bertz CT molecular complexity index is 1340. The van der Waals surface area contributed by atoms with Gasteiger partial charge < -0.3 is 35.0 Å². The van der Waals surface area contributed by atoms with E-state index in [4.69, 9.17) is 9.47 Å². The molecule has 1 aromatic rings. The van der Waals surface area contributed by atoms with Crippen molar-refractivity contribution >= 4 is 35.4 Å². The van der Waals surface area contributed by atoms with E-state index >= 15 is 0 Å². The highest BCUT2D eigenvalue weighted by Gasteiger charge is 2.43. The van der Waals surface area contributed by atoms with Crippen molar-refractivity contribution in [1.82, 2.24) is 25.3 Å². The third kappa shape index (κ3) is 13.2. The highest BCUT2D eigenvalue weighted by molar-refractivity contribution is 7.98. The van der Waals surface area contributed by atoms with Gasteiger partial charge in [0.15, 0.2) is 0 Å². The molecule has 0 bridgehead atoms. The van der Waals surface area contributed by atoms with Crippen LogP contribution in [0.1, 0.15) is 92.7 Å². The minimum Gasteiger partial charge on any atom is -0.386 e. The van der Waals surface area contributed by atoms with Crippen molar-refractivity contribution in [2.24, 2.45) is 23.7 Å². The van der Waals surface area contributed by atoms with Crippen LogP contribution in [0, 0.1) is 23.7 Å². The fourth-order valence-corrected chi connectivity index (χ4v) is 8.51. The third-order valence-corrected chi connectivity index (χ3v) is 12.1. The average Bonchev–Trinajstić information content (AvgIpc) is 3.65. The molecule has 1 heterocycles. The van der Waals surface area contributed by atoms with Gasteiger partial charge in [-0.25, -0.2) is 0 Å². The summed E-state index contributed by atoms with van der Waals surface area (Å²) in [6.07, 6.45) is 2.18. The molecule has 55 heavy (non-hydrogen) atoms. The van der Waals surface area contributed by atoms with Crippen molar-refractivity contribution in [2.75, 3.05) is 53.4 Å². The number of nitrogens with one attached hydrogen (secondary N) is 2. The van der Waals surface area contributed by atoms with Gasteiger partial charge in [0.05, 0.1) is 54.8 Å². The molecular weight excluding hydrogens is 719 g/mol. The normalized spacial score (nSPS) is 19.7. The lowest BCUT2D eigenvalue weighted by atomic mass is 9.89. The van der Waals surface area contributed by atoms with Gasteiger partial charge in [-0.1, -0.05) is 85.2 Å². The second-order valence-electron chi connectivity index (χ2n) is 16.1. The first kappa shape index (κ1) is 48.4. The highest BCUT2D eigenvalue weighted by atomic mass is 32.2. The van der Waals surface area contributed by atoms with Crippen LogP contribution in [-0.2, 0) is 28.7 Å². The predicted molar refractivity (Wildman–Crippen MR) is 222 cm³/mol. The molecule has 1 aliphatic heterocycles. The van der Waals surface area contributed by atoms with E-state index in [0.29, 0.717) is 18.5 Å². The Balaban J connectivity index is 2.26. The quantitative estimate of drug-likeness (QED) is 0.145. The highest BCUT2D eigenvalue weighted by Crippen LogP contribution is 2.30. The van der Waals surface area contributed by atoms with Crippen LogP contribution in [0.5, 0.6) is 0 Å². The van der Waals surface area contributed by atoms with Crippen LogP contribution in [-0.4, -0.2) is 139 Å². The van der Waals surface area contributed by atoms with E-state index in [9.17, 15) is 24.3 Å². The molecule has 1 aromatic carbocycles. The van der Waals surface area contributed by atoms with Gasteiger partial charge in [0.25, 0.3) is 0 Å². The number of nitrogens with zero attached hydrogens (tertiary/aromatic N) is 3. The molecule has 4 amide bonds. The molecule has 1 saturated heterocycles. The maximum atomic E-state index is 14.4. The van der Waals surface area contributed by atoms with Crippen molar-refractivity contribution in [3.8, 4) is 0 Å². The standard InChI is InChI=1S/C42H73N5O7S/c1-14-28(6)37(46(10)42(52)35(26(2)3)44-41(51)36(27(4)5)45(9)23-24-55-13)33(53-11)25-34(48)47-22-18-21-32(47)39(54-12)29(7)40(50)43-30(8)38(49)31-19-16-15-17-20-31/h15-17,19-20,26-30,32-33,35-39,49H,14,18,21-25H2,1-13H3,(H,43,50)(H,44,51)/t28-,29+,30+,32-,33+,35?,36-,37-,38+,39+/m0/s1. The molecule has 0 aliphatic carbocycles. The zero-order valence-corrected chi connectivity index (χ0v) is 36.7. The van der Waals surface area contributed by atoms with E-state index in [1.807, 2.05) is 71.3 Å². The molecule has 0 aromatic heterocycles. The number of hydrogen-bond donors (Lipinski definition) is 3. The number of likely N-dealkylation sites (tertiary alicyclic amines) is 1. The molecule has 1 unspecified atom stereocenters. The van der Waals surface area contributed by atoms with Crippen LogP contribution in [0.25, 0.3) is 0 Å². The van der Waals surface area contributed by atoms with Crippen LogP contribution in [0.3, 0.4) is 0 Å². The number of methoxy groups -OCH3 is 2. The topological polar surface area (TPSA) is 141 Å². The number of likely N-dealkylation sites (N-methyl/N-ethyl adjacent to an activating group) is 2. The molecule has 10 atom stereocenters. The van der Waals surface area contributed by atoms with E-state index in [2.05, 4.69) is 29.4 Å². The van der Waals surface area contributed by atoms with Gasteiger partial charge in [0, 0.05) is 40.1 Å². The van der Waals surface area contributed by atoms with Gasteiger partial charge >= 0.3 is 0 Å². The van der Waals surface area contributed by atoms with Crippen LogP contribution in [0.4, 0.5) is 0 Å². The minimum absolute atomic E-state index is 0.0191. The number of thioether (sulfide) groups is 1. The summed E-state index contributed by atoms with van der Waals surface area (Å²) in [6.45, 7) is 16.8. The number of rotatable bonds is 23. The lowest BCUT2D eigenvalue weighted by Gasteiger charge is -2.41. The molecule has 0 radical (unpaired) electrons. The van der Waals surface area contributed by atoms with Crippen LogP contribution in [0.15, 0.2) is 30.3 Å². The van der Waals surface area contributed by atoms with E-state index in [-0.39, 0.29) is 59.9 Å². The second-order valence-corrected chi connectivity index (χ2v) is 17.1. The van der Waals surface area contributed by atoms with E-state index < -0.39 is 42.4 Å². The molecular formula is C42H73N5O7S. The molecule has 13 heteroatoms. The summed E-state index contributed by atoms with van der Waals surface area (Å²) in [6, 6.07) is 6.73. The zero-order valence-electron chi connectivity index (χ0n) is 35.9. The number of carbonyl (C=O) groups excluding carboxylic acids is 4. The molecule has 12 nitrogen and oxygen atoms in total. The Morgan fingerprint density at radius 2 is 1.58 bits per heavy atom. The molecule has 314 valence electrons. The summed E-state index contributed by atoms with van der Waals surface area (Å²) in [5.74, 6) is -0.646. The molecule has 2 rings (SSSR count). The van der Waals surface area contributed by atoms with Gasteiger partial charge in [-0.3, -0.25) is 24.1 Å². The SMILES string of the molecule is CC[C@H](C)[C@@H]([C@@H](CC(=O)N1CCC[C@H]1[C@H](OC)[C@@H](C)C(=O)N[C@H](C)[C@@H](O)c1ccccc1)OC)N(C)C(=O)C(NC(=O)[C@H](C(C)C)N(C)CCSC)C(C)C. The summed E-state index contributed by atoms with van der Waals surface area (Å²) in [4.78, 5) is 61.4. The third-order valence-electron chi connectivity index (χ3n) is 11.5. The minimum atomic E-state index is -0.877. The van der Waals surface area contributed by atoms with Crippen LogP contribution < -0.4 is 10.6 Å². The predicted octanol–water partition coefficient (Wildman–Crippen LogP) is 4.61. The van der Waals surface area contributed by atoms with E-state index in [0.717, 1.165) is 25.1 Å². The number of amides is 4. The van der Waals surface area contributed by atoms with Gasteiger partial charge in [-0.05, 0) is 56.4 Å². The maximum Gasteiger partial charge on any atom is 0.245 e. The smallest absolute Gasteiger partial charge is 0.245 e. The van der Waals surface area contributed by atoms with Crippen molar-refractivity contribution in [1.29, 1.82) is 0 Å². The average molecular weight is 792 g/mol. The van der Waals surface area contributed by atoms with Crippen molar-refractivity contribution in [3.05, 3.63) is 35.9 Å². The van der Waals surface area contributed by atoms with Crippen LogP contribution >= 0.6 is 11.8 Å². The molecule has 0 saturated carbocycles. The number of aliphatic hydroxyl groups excluding tert-OH is 1. The summed E-state index contributed by atoms with van der Waals surface area (Å²) in [5, 5.41) is 16.9. The zero-order chi connectivity index (χ0) is 41.6. The molecule has 3 N–H and O–H groups in total. The second kappa shape index (κ2) is 23.5. The Kier molecular flexibility index (Phi) is 20.7. The summed E-state index contributed by atoms with van der Waals surface area (Å²) < 4.78 is 12.0. The summed E-state index contributed by atoms with van der Waals surface area (Å²) >= 11 is 1.73. The fourth-order valence-electron chi connectivity index (χ4n) is 8.04. The lowest BCUT2D eigenvalue weighted by molar-refractivity contribution is -0.148. The monoisotopic (exact) mass is 792 g/mol. The Morgan fingerprint density at radius 1 is 0.945 bits per heavy atom. The molecule has 0 spiro atoms. The number of aliphatic hydroxyl groups is 1. The first-order chi connectivity index (χ1) is 26.0. The van der Waals surface area contributed by atoms with Crippen molar-refractivity contribution < 1.29 is 33.8 Å². The van der Waals surface area contributed by atoms with Crippen LogP contribution in [0.2, 0.25) is 0 Å². The summed E-state index contributed by atoms with van der Waals surface area (Å²) in [7, 11) is 6.83. The first-order valence-corrected chi connectivity index (χ1v) is 21.5. The van der Waals surface area contributed by atoms with E-state index in [1.165, 1.54) is 0 Å². The first-order valence-electron chi connectivity index (χ1n) is 20.1. The molecule has 1 fully saturated rings. The lowest BCUT2D eigenvalue weighted by Crippen LogP contribution is -2.60. The molecule has 1 aliphatic rings. The Hall–Kier alpha value is -2.71. The number of benzene rings is 1. The van der Waals surface area contributed by atoms with E-state index in [1.54, 1.807) is 56.7 Å². The van der Waals surface area contributed by atoms with Crippen molar-refractivity contribution in [2.45, 2.75) is 130 Å². The van der Waals surface area contributed by atoms with Gasteiger partial charge in [0.1, 0.15) is 6.04 Å².